The van der Waals surface area contributed by atoms with E-state index < -0.39 is 0 Å². The van der Waals surface area contributed by atoms with Gasteiger partial charge in [0.15, 0.2) is 0 Å². The molecule has 4 aromatic carbocycles. The van der Waals surface area contributed by atoms with Crippen LogP contribution in [0.25, 0.3) is 11.1 Å². The zero-order chi connectivity index (χ0) is 22.5. The molecule has 0 spiro atoms. The minimum Gasteiger partial charge on any atom is -0.507 e. The van der Waals surface area contributed by atoms with Gasteiger partial charge >= 0.3 is 0 Å². The van der Waals surface area contributed by atoms with Gasteiger partial charge in [-0.05, 0) is 61.4 Å². The van der Waals surface area contributed by atoms with Gasteiger partial charge in [-0.2, -0.15) is 0 Å². The Hall–Kier alpha value is -3.56. The molecule has 0 saturated carbocycles. The van der Waals surface area contributed by atoms with Crippen LogP contribution < -0.4 is 0 Å². The van der Waals surface area contributed by atoms with Crippen LogP contribution in [-0.4, -0.2) is 22.6 Å². The van der Waals surface area contributed by atoms with Gasteiger partial charge in [-0.1, -0.05) is 48.5 Å². The number of para-hydroxylation sites is 2. The molecule has 0 saturated heterocycles. The average molecular weight is 486 g/mol. The zero-order valence-electron chi connectivity index (χ0n) is 18.7. The second-order valence-electron chi connectivity index (χ2n) is 7.68. The summed E-state index contributed by atoms with van der Waals surface area (Å²) in [6.07, 6.45) is 3.35. The Bertz CT molecular complexity index is 1230. The second-order valence-corrected chi connectivity index (χ2v) is 7.68. The monoisotopic (exact) mass is 484 g/mol. The van der Waals surface area contributed by atoms with Crippen molar-refractivity contribution in [3.63, 3.8) is 0 Å². The van der Waals surface area contributed by atoms with Crippen molar-refractivity contribution in [2.24, 2.45) is 9.98 Å². The van der Waals surface area contributed by atoms with Crippen LogP contribution in [0.4, 0.5) is 11.4 Å². The van der Waals surface area contributed by atoms with Crippen molar-refractivity contribution in [1.29, 1.82) is 0 Å². The van der Waals surface area contributed by atoms with Crippen molar-refractivity contribution < 1.29 is 29.7 Å². The van der Waals surface area contributed by atoms with Gasteiger partial charge in [-0.15, -0.1) is 0 Å². The number of rotatable bonds is 5. The van der Waals surface area contributed by atoms with E-state index in [1.165, 1.54) is 0 Å². The predicted molar refractivity (Wildman–Crippen MR) is 132 cm³/mol. The van der Waals surface area contributed by atoms with Gasteiger partial charge in [0.2, 0.25) is 0 Å². The number of hydrogen-bond donors (Lipinski definition) is 2. The summed E-state index contributed by atoms with van der Waals surface area (Å²) in [6, 6.07) is 26.4. The van der Waals surface area contributed by atoms with Crippen molar-refractivity contribution in [3.8, 4) is 22.6 Å². The van der Waals surface area contributed by atoms with Crippen LogP contribution in [-0.2, 0) is 19.5 Å². The molecule has 4 nitrogen and oxygen atoms in total. The molecule has 0 fully saturated rings. The molecule has 2 N–H and O–H groups in total. The first-order chi connectivity index (χ1) is 15.5. The summed E-state index contributed by atoms with van der Waals surface area (Å²) in [7, 11) is 0. The topological polar surface area (TPSA) is 65.2 Å². The smallest absolute Gasteiger partial charge is 0.124 e. The summed E-state index contributed by atoms with van der Waals surface area (Å²) in [6.45, 7) is 4.05. The summed E-state index contributed by atoms with van der Waals surface area (Å²) in [5.74, 6) is 0.377. The molecule has 4 aromatic rings. The van der Waals surface area contributed by atoms with Gasteiger partial charge < -0.3 is 10.2 Å². The Morgan fingerprint density at radius 3 is 1.36 bits per heavy atom. The van der Waals surface area contributed by atoms with Crippen molar-refractivity contribution in [1.82, 2.24) is 0 Å². The first-order valence-corrected chi connectivity index (χ1v) is 10.4. The molecule has 0 aliphatic rings. The van der Waals surface area contributed by atoms with Crippen molar-refractivity contribution in [3.05, 3.63) is 107 Å². The molecule has 0 bridgehead atoms. The van der Waals surface area contributed by atoms with Crippen LogP contribution in [0.15, 0.2) is 94.9 Å². The molecule has 0 amide bonds. The zero-order valence-corrected chi connectivity index (χ0v) is 21.7. The van der Waals surface area contributed by atoms with E-state index in [1.807, 2.05) is 74.5 Å². The first-order valence-electron chi connectivity index (χ1n) is 10.4. The van der Waals surface area contributed by atoms with Gasteiger partial charge in [0.25, 0.3) is 0 Å². The number of aromatic hydroxyl groups is 2. The Kier molecular flexibility index (Phi) is 7.92. The van der Waals surface area contributed by atoms with Crippen LogP contribution in [0, 0.1) is 13.8 Å². The number of benzene rings is 4. The van der Waals surface area contributed by atoms with E-state index in [1.54, 1.807) is 36.7 Å². The van der Waals surface area contributed by atoms with Gasteiger partial charge in [-0.3, -0.25) is 9.98 Å². The van der Waals surface area contributed by atoms with Gasteiger partial charge in [0.05, 0.1) is 11.4 Å². The minimum atomic E-state index is 0. The van der Waals surface area contributed by atoms with Crippen LogP contribution in [0.2, 0.25) is 0 Å². The third-order valence-electron chi connectivity index (χ3n) is 5.16. The number of aliphatic imine (C=N–C) groups is 2. The molecule has 0 aliphatic carbocycles. The number of nitrogens with zero attached hydrogens (tertiary/aromatic N) is 2. The predicted octanol–water partition coefficient (Wildman–Crippen LogP) is 6.88. The maximum Gasteiger partial charge on any atom is 0.124 e. The number of hydrogen-bond acceptors (Lipinski definition) is 4. The molecule has 160 valence electrons. The van der Waals surface area contributed by atoms with Crippen molar-refractivity contribution in [2.75, 3.05) is 0 Å². The fourth-order valence-electron chi connectivity index (χ4n) is 3.42. The maximum atomic E-state index is 10.1. The van der Waals surface area contributed by atoms with E-state index in [9.17, 15) is 10.2 Å². The molecule has 0 aliphatic heterocycles. The standard InChI is InChI=1S/C28H24N2O2.Zn/c1-19-11-13-23(25(15-19)29-17-21-7-3-5-9-27(21)31)24-14-12-20(2)16-26(24)30-18-22-8-4-6-10-28(22)32;/h3-18,31-32H,1-2H3;. The van der Waals surface area contributed by atoms with E-state index in [0.29, 0.717) is 11.1 Å². The van der Waals surface area contributed by atoms with Crippen molar-refractivity contribution in [2.45, 2.75) is 13.8 Å². The SMILES string of the molecule is Cc1ccc(-c2ccc(C)cc2N=Cc2ccccc2O)c(N=Cc2ccccc2O)c1.[Zn]. The maximum absolute atomic E-state index is 10.1. The third kappa shape index (κ3) is 5.82. The van der Waals surface area contributed by atoms with Gasteiger partial charge in [0, 0.05) is 54.2 Å². The molecule has 5 heteroatoms. The Balaban J connectivity index is 0.00000306. The number of phenolic OH excluding ortho intramolecular Hbond substituents is 2. The van der Waals surface area contributed by atoms with E-state index in [0.717, 1.165) is 33.6 Å². The number of phenols is 2. The second kappa shape index (κ2) is 10.8. The summed E-state index contributed by atoms with van der Waals surface area (Å²) in [5, 5.41) is 20.1. The molecule has 0 radical (unpaired) electrons. The van der Waals surface area contributed by atoms with Gasteiger partial charge in [0.1, 0.15) is 11.5 Å². The molecule has 0 aromatic heterocycles. The van der Waals surface area contributed by atoms with Crippen LogP contribution >= 0.6 is 0 Å². The molecule has 4 rings (SSSR count). The summed E-state index contributed by atoms with van der Waals surface area (Å²) in [5.41, 5.74) is 6.93. The minimum absolute atomic E-state index is 0. The molecule has 0 atom stereocenters. The average Bonchev–Trinajstić information content (AvgIpc) is 2.78. The molecule has 33 heavy (non-hydrogen) atoms. The van der Waals surface area contributed by atoms with E-state index in [-0.39, 0.29) is 31.0 Å². The fraction of sp³-hybridized carbons (Fsp3) is 0.0714. The van der Waals surface area contributed by atoms with E-state index in [2.05, 4.69) is 0 Å². The van der Waals surface area contributed by atoms with E-state index in [4.69, 9.17) is 9.98 Å². The summed E-state index contributed by atoms with van der Waals surface area (Å²) >= 11 is 0. The molecule has 0 heterocycles. The van der Waals surface area contributed by atoms with E-state index >= 15 is 0 Å². The Labute approximate surface area is 206 Å². The fourth-order valence-corrected chi connectivity index (χ4v) is 3.42. The molecular weight excluding hydrogens is 462 g/mol. The molecule has 0 unspecified atom stereocenters. The Morgan fingerprint density at radius 2 is 0.970 bits per heavy atom. The summed E-state index contributed by atoms with van der Waals surface area (Å²) < 4.78 is 0. The first kappa shape index (κ1) is 24.1. The number of aryl methyl sites for hydroxylation is 2. The van der Waals surface area contributed by atoms with Crippen molar-refractivity contribution >= 4 is 23.8 Å². The quantitative estimate of drug-likeness (QED) is 0.239. The third-order valence-corrected chi connectivity index (χ3v) is 5.16. The van der Waals surface area contributed by atoms with Gasteiger partial charge in [-0.25, -0.2) is 0 Å². The normalized spacial score (nSPS) is 11.1. The van der Waals surface area contributed by atoms with Crippen LogP contribution in [0.3, 0.4) is 0 Å². The van der Waals surface area contributed by atoms with Crippen LogP contribution in [0.5, 0.6) is 11.5 Å². The molecular formula is C28H24N2O2Zn. The van der Waals surface area contributed by atoms with Crippen LogP contribution in [0.1, 0.15) is 22.3 Å². The summed E-state index contributed by atoms with van der Waals surface area (Å²) in [4.78, 5) is 9.39. The largest absolute Gasteiger partial charge is 0.507 e. The Morgan fingerprint density at radius 1 is 0.576 bits per heavy atom.